The smallest absolute Gasteiger partial charge is 0.242 e. The highest BCUT2D eigenvalue weighted by Crippen LogP contribution is 2.16. The molecule has 0 bridgehead atoms. The Hall–Kier alpha value is -0.610. The van der Waals surface area contributed by atoms with Gasteiger partial charge in [-0.2, -0.15) is 0 Å². The molecule has 4 heteroatoms. The minimum Gasteiger partial charge on any atom is -0.381 e. The summed E-state index contributed by atoms with van der Waals surface area (Å²) in [4.78, 5) is 14.0. The first kappa shape index (κ1) is 12.5. The van der Waals surface area contributed by atoms with E-state index in [-0.39, 0.29) is 5.91 Å². The predicted octanol–water partition coefficient (Wildman–Crippen LogP) is 0.622. The number of ether oxygens (including phenoxy) is 1. The van der Waals surface area contributed by atoms with Crippen LogP contribution in [-0.2, 0) is 9.53 Å². The zero-order valence-corrected chi connectivity index (χ0v) is 10.2. The molecule has 0 spiro atoms. The molecule has 0 aromatic heterocycles. The summed E-state index contributed by atoms with van der Waals surface area (Å²) < 4.78 is 5.28. The molecule has 0 aliphatic carbocycles. The molecular formula is C11H22N2O2. The van der Waals surface area contributed by atoms with Crippen LogP contribution in [0.5, 0.6) is 0 Å². The molecule has 0 saturated carbocycles. The van der Waals surface area contributed by atoms with Crippen molar-refractivity contribution in [3.63, 3.8) is 0 Å². The summed E-state index contributed by atoms with van der Waals surface area (Å²) in [7, 11) is 3.56. The van der Waals surface area contributed by atoms with E-state index in [1.807, 2.05) is 25.8 Å². The Kier molecular flexibility index (Phi) is 4.11. The van der Waals surface area contributed by atoms with Crippen molar-refractivity contribution in [3.8, 4) is 0 Å². The van der Waals surface area contributed by atoms with Gasteiger partial charge in [0.1, 0.15) is 0 Å². The molecule has 15 heavy (non-hydrogen) atoms. The highest BCUT2D eigenvalue weighted by atomic mass is 16.5. The predicted molar refractivity (Wildman–Crippen MR) is 59.7 cm³/mol. The number of likely N-dealkylation sites (N-methyl/N-ethyl adjacent to an activating group) is 1. The SMILES string of the molecule is CNC(C)(C)C(=O)N1CCC(OC)CC1. The van der Waals surface area contributed by atoms with Crippen LogP contribution in [0.15, 0.2) is 0 Å². The summed E-state index contributed by atoms with van der Waals surface area (Å²) in [6, 6.07) is 0. The van der Waals surface area contributed by atoms with E-state index >= 15 is 0 Å². The number of hydrogen-bond acceptors (Lipinski definition) is 3. The van der Waals surface area contributed by atoms with Crippen LogP contribution in [0.4, 0.5) is 0 Å². The van der Waals surface area contributed by atoms with Gasteiger partial charge in [-0.3, -0.25) is 4.79 Å². The standard InChI is InChI=1S/C11H22N2O2/c1-11(2,12-3)10(14)13-7-5-9(15-4)6-8-13/h9,12H,5-8H2,1-4H3. The Balaban J connectivity index is 2.50. The summed E-state index contributed by atoms with van der Waals surface area (Å²) in [5, 5.41) is 3.04. The molecule has 4 nitrogen and oxygen atoms in total. The average Bonchev–Trinajstić information content (AvgIpc) is 2.28. The summed E-state index contributed by atoms with van der Waals surface area (Å²) in [5.41, 5.74) is -0.458. The normalized spacial score (nSPS) is 19.3. The van der Waals surface area contributed by atoms with Crippen molar-refractivity contribution in [1.29, 1.82) is 0 Å². The van der Waals surface area contributed by atoms with E-state index in [1.165, 1.54) is 0 Å². The van der Waals surface area contributed by atoms with Gasteiger partial charge in [-0.05, 0) is 33.7 Å². The van der Waals surface area contributed by atoms with E-state index in [4.69, 9.17) is 4.74 Å². The van der Waals surface area contributed by atoms with Gasteiger partial charge < -0.3 is 15.0 Å². The van der Waals surface area contributed by atoms with Crippen molar-refractivity contribution < 1.29 is 9.53 Å². The molecule has 1 fully saturated rings. The molecule has 0 radical (unpaired) electrons. The molecular weight excluding hydrogens is 192 g/mol. The fourth-order valence-electron chi connectivity index (χ4n) is 1.80. The van der Waals surface area contributed by atoms with Crippen LogP contribution in [0, 0.1) is 0 Å². The quantitative estimate of drug-likeness (QED) is 0.749. The third-order valence-electron chi connectivity index (χ3n) is 3.22. The molecule has 1 saturated heterocycles. The number of hydrogen-bond donors (Lipinski definition) is 1. The van der Waals surface area contributed by atoms with Gasteiger partial charge >= 0.3 is 0 Å². The first-order chi connectivity index (χ1) is 7.01. The fourth-order valence-corrected chi connectivity index (χ4v) is 1.80. The average molecular weight is 214 g/mol. The van der Waals surface area contributed by atoms with Crippen LogP contribution in [0.2, 0.25) is 0 Å². The summed E-state index contributed by atoms with van der Waals surface area (Å²) in [6.07, 6.45) is 2.22. The lowest BCUT2D eigenvalue weighted by Gasteiger charge is -2.36. The van der Waals surface area contributed by atoms with Gasteiger partial charge in [-0.1, -0.05) is 0 Å². The van der Waals surface area contributed by atoms with Crippen molar-refractivity contribution in [3.05, 3.63) is 0 Å². The van der Waals surface area contributed by atoms with Gasteiger partial charge in [0.2, 0.25) is 5.91 Å². The number of rotatable bonds is 3. The second-order valence-corrected chi connectivity index (χ2v) is 4.60. The Bertz CT molecular complexity index is 221. The van der Waals surface area contributed by atoms with Crippen LogP contribution in [0.25, 0.3) is 0 Å². The van der Waals surface area contributed by atoms with E-state index in [0.29, 0.717) is 6.10 Å². The molecule has 0 atom stereocenters. The number of carbonyl (C=O) groups is 1. The van der Waals surface area contributed by atoms with Crippen molar-refractivity contribution in [1.82, 2.24) is 10.2 Å². The molecule has 1 aliphatic heterocycles. The first-order valence-electron chi connectivity index (χ1n) is 5.52. The van der Waals surface area contributed by atoms with Crippen LogP contribution in [-0.4, -0.2) is 49.7 Å². The van der Waals surface area contributed by atoms with E-state index in [0.717, 1.165) is 25.9 Å². The Labute approximate surface area is 92.0 Å². The molecule has 1 N–H and O–H groups in total. The lowest BCUT2D eigenvalue weighted by Crippen LogP contribution is -2.55. The second-order valence-electron chi connectivity index (χ2n) is 4.60. The highest BCUT2D eigenvalue weighted by Gasteiger charge is 2.32. The largest absolute Gasteiger partial charge is 0.381 e. The van der Waals surface area contributed by atoms with Gasteiger partial charge in [-0.15, -0.1) is 0 Å². The summed E-state index contributed by atoms with van der Waals surface area (Å²) in [6.45, 7) is 5.44. The van der Waals surface area contributed by atoms with Crippen LogP contribution >= 0.6 is 0 Å². The van der Waals surface area contributed by atoms with Crippen LogP contribution < -0.4 is 5.32 Å². The minimum absolute atomic E-state index is 0.180. The lowest BCUT2D eigenvalue weighted by molar-refractivity contribution is -0.139. The number of carbonyl (C=O) groups excluding carboxylic acids is 1. The fraction of sp³-hybridized carbons (Fsp3) is 0.909. The topological polar surface area (TPSA) is 41.6 Å². The minimum atomic E-state index is -0.458. The lowest BCUT2D eigenvalue weighted by atomic mass is 10.0. The molecule has 1 aliphatic rings. The summed E-state index contributed by atoms with van der Waals surface area (Å²) >= 11 is 0. The molecule has 1 rings (SSSR count). The second kappa shape index (κ2) is 4.94. The Morgan fingerprint density at radius 1 is 1.40 bits per heavy atom. The third kappa shape index (κ3) is 2.92. The van der Waals surface area contributed by atoms with Gasteiger partial charge in [0, 0.05) is 20.2 Å². The van der Waals surface area contributed by atoms with Gasteiger partial charge in [0.25, 0.3) is 0 Å². The van der Waals surface area contributed by atoms with Crippen molar-refractivity contribution >= 4 is 5.91 Å². The zero-order valence-electron chi connectivity index (χ0n) is 10.2. The molecule has 0 unspecified atom stereocenters. The van der Waals surface area contributed by atoms with Gasteiger partial charge in [-0.25, -0.2) is 0 Å². The van der Waals surface area contributed by atoms with Crippen molar-refractivity contribution in [2.45, 2.75) is 38.3 Å². The monoisotopic (exact) mass is 214 g/mol. The van der Waals surface area contributed by atoms with Crippen molar-refractivity contribution in [2.24, 2.45) is 0 Å². The number of amides is 1. The van der Waals surface area contributed by atoms with E-state index in [9.17, 15) is 4.79 Å². The van der Waals surface area contributed by atoms with Crippen molar-refractivity contribution in [2.75, 3.05) is 27.2 Å². The number of methoxy groups -OCH3 is 1. The molecule has 1 heterocycles. The van der Waals surface area contributed by atoms with Crippen LogP contribution in [0.1, 0.15) is 26.7 Å². The first-order valence-corrected chi connectivity index (χ1v) is 5.52. The number of piperidine rings is 1. The van der Waals surface area contributed by atoms with Crippen LogP contribution in [0.3, 0.4) is 0 Å². The molecule has 0 aromatic rings. The maximum atomic E-state index is 12.1. The van der Waals surface area contributed by atoms with E-state index < -0.39 is 5.54 Å². The number of likely N-dealkylation sites (tertiary alicyclic amines) is 1. The van der Waals surface area contributed by atoms with E-state index in [1.54, 1.807) is 7.11 Å². The molecule has 1 amide bonds. The summed E-state index contributed by atoms with van der Waals surface area (Å²) in [5.74, 6) is 0.180. The highest BCUT2D eigenvalue weighted by molar-refractivity contribution is 5.85. The van der Waals surface area contributed by atoms with Gasteiger partial charge in [0.15, 0.2) is 0 Å². The number of nitrogens with zero attached hydrogens (tertiary/aromatic N) is 1. The maximum Gasteiger partial charge on any atom is 0.242 e. The molecule has 0 aromatic carbocycles. The third-order valence-corrected chi connectivity index (χ3v) is 3.22. The maximum absolute atomic E-state index is 12.1. The van der Waals surface area contributed by atoms with Gasteiger partial charge in [0.05, 0.1) is 11.6 Å². The molecule has 88 valence electrons. The zero-order chi connectivity index (χ0) is 11.5. The Morgan fingerprint density at radius 3 is 2.33 bits per heavy atom. The number of nitrogens with one attached hydrogen (secondary N) is 1. The van der Waals surface area contributed by atoms with E-state index in [2.05, 4.69) is 5.32 Å². The Morgan fingerprint density at radius 2 is 1.93 bits per heavy atom.